The van der Waals surface area contributed by atoms with Crippen molar-refractivity contribution in [3.8, 4) is 6.07 Å². The lowest BCUT2D eigenvalue weighted by molar-refractivity contribution is 1.19. The number of thiophene rings is 1. The highest BCUT2D eigenvalue weighted by molar-refractivity contribution is 7.18. The molecule has 3 rings (SSSR count). The highest BCUT2D eigenvalue weighted by atomic mass is 32.1. The normalized spacial score (nSPS) is 10.5. The van der Waals surface area contributed by atoms with Crippen molar-refractivity contribution < 1.29 is 0 Å². The van der Waals surface area contributed by atoms with Gasteiger partial charge in [0.05, 0.1) is 15.2 Å². The third-order valence-corrected chi connectivity index (χ3v) is 4.66. The summed E-state index contributed by atoms with van der Waals surface area (Å²) in [5.41, 5.74) is 2.14. The molecule has 94 valence electrons. The van der Waals surface area contributed by atoms with Crippen molar-refractivity contribution in [3.05, 3.63) is 45.1 Å². The fourth-order valence-electron chi connectivity index (χ4n) is 1.87. The van der Waals surface area contributed by atoms with Gasteiger partial charge in [0.1, 0.15) is 10.9 Å². The van der Waals surface area contributed by atoms with Crippen LogP contribution in [0.4, 0.5) is 5.69 Å². The van der Waals surface area contributed by atoms with Crippen LogP contribution in [0.5, 0.6) is 0 Å². The number of anilines is 1. The Morgan fingerprint density at radius 3 is 2.95 bits per heavy atom. The molecule has 0 saturated carbocycles. The Bertz CT molecular complexity index is 764. The lowest BCUT2D eigenvalue weighted by Gasteiger charge is -2.04. The maximum Gasteiger partial charge on any atom is 0.110 e. The molecule has 3 nitrogen and oxygen atoms in total. The molecule has 0 radical (unpaired) electrons. The molecular formula is C14H11N3S2. The molecule has 0 unspecified atom stereocenters. The van der Waals surface area contributed by atoms with Crippen molar-refractivity contribution in [2.24, 2.45) is 0 Å². The first-order valence-electron chi connectivity index (χ1n) is 5.84. The Balaban J connectivity index is 1.76. The zero-order valence-electron chi connectivity index (χ0n) is 10.3. The molecule has 5 heteroatoms. The number of hydrogen-bond donors (Lipinski definition) is 1. The smallest absolute Gasteiger partial charge is 0.110 e. The average molecular weight is 285 g/mol. The molecule has 1 N–H and O–H groups in total. The summed E-state index contributed by atoms with van der Waals surface area (Å²) in [6, 6.07) is 12.2. The van der Waals surface area contributed by atoms with Crippen LogP contribution in [0.25, 0.3) is 10.2 Å². The lowest BCUT2D eigenvalue weighted by atomic mass is 10.3. The van der Waals surface area contributed by atoms with Crippen molar-refractivity contribution in [1.29, 1.82) is 5.26 Å². The Kier molecular flexibility index (Phi) is 3.20. The fourth-order valence-corrected chi connectivity index (χ4v) is 3.48. The predicted molar refractivity (Wildman–Crippen MR) is 80.7 cm³/mol. The van der Waals surface area contributed by atoms with E-state index in [1.54, 1.807) is 11.3 Å². The number of aromatic nitrogens is 1. The van der Waals surface area contributed by atoms with Crippen LogP contribution in [0.3, 0.4) is 0 Å². The molecule has 1 aromatic carbocycles. The second-order valence-electron chi connectivity index (χ2n) is 4.15. The van der Waals surface area contributed by atoms with E-state index < -0.39 is 0 Å². The zero-order valence-corrected chi connectivity index (χ0v) is 11.9. The van der Waals surface area contributed by atoms with E-state index in [1.807, 2.05) is 31.2 Å². The number of aryl methyl sites for hydroxylation is 1. The topological polar surface area (TPSA) is 48.7 Å². The number of nitrogens with one attached hydrogen (secondary N) is 1. The van der Waals surface area contributed by atoms with Gasteiger partial charge in [0.25, 0.3) is 0 Å². The van der Waals surface area contributed by atoms with E-state index in [2.05, 4.69) is 22.4 Å². The Hall–Kier alpha value is -1.90. The predicted octanol–water partition coefficient (Wildman–Crippen LogP) is 4.15. The van der Waals surface area contributed by atoms with Crippen LogP contribution in [0.1, 0.15) is 14.8 Å². The number of benzene rings is 1. The number of rotatable bonds is 3. The van der Waals surface area contributed by atoms with Gasteiger partial charge in [0, 0.05) is 17.1 Å². The van der Waals surface area contributed by atoms with E-state index in [-0.39, 0.29) is 0 Å². The van der Waals surface area contributed by atoms with Crippen LogP contribution in [0.2, 0.25) is 0 Å². The molecule has 0 aliphatic carbocycles. The van der Waals surface area contributed by atoms with Gasteiger partial charge in [-0.1, -0.05) is 0 Å². The van der Waals surface area contributed by atoms with Gasteiger partial charge in [-0.15, -0.1) is 22.7 Å². The van der Waals surface area contributed by atoms with Crippen LogP contribution in [-0.4, -0.2) is 4.98 Å². The zero-order chi connectivity index (χ0) is 13.2. The van der Waals surface area contributed by atoms with Crippen molar-refractivity contribution in [2.75, 3.05) is 5.32 Å². The number of nitrogens with zero attached hydrogens (tertiary/aromatic N) is 2. The van der Waals surface area contributed by atoms with Crippen LogP contribution >= 0.6 is 22.7 Å². The standard InChI is InChI=1S/C14H11N3S2/c1-9-17-13-5-2-10(6-14(13)18-9)16-8-12-4-3-11(7-15)19-12/h2-6,16H,8H2,1H3. The molecule has 0 atom stereocenters. The summed E-state index contributed by atoms with van der Waals surface area (Å²) < 4.78 is 1.20. The number of fused-ring (bicyclic) bond motifs is 1. The van der Waals surface area contributed by atoms with E-state index >= 15 is 0 Å². The summed E-state index contributed by atoms with van der Waals surface area (Å²) >= 11 is 3.23. The molecule has 0 amide bonds. The molecule has 3 aromatic rings. The highest BCUT2D eigenvalue weighted by Gasteiger charge is 2.03. The van der Waals surface area contributed by atoms with Gasteiger partial charge in [0.15, 0.2) is 0 Å². The second-order valence-corrected chi connectivity index (χ2v) is 6.55. The molecule has 0 saturated heterocycles. The summed E-state index contributed by atoms with van der Waals surface area (Å²) in [6.45, 7) is 2.77. The summed E-state index contributed by atoms with van der Waals surface area (Å²) in [4.78, 5) is 6.36. The minimum atomic E-state index is 0.746. The van der Waals surface area contributed by atoms with Crippen molar-refractivity contribution >= 4 is 38.6 Å². The minimum absolute atomic E-state index is 0.746. The van der Waals surface area contributed by atoms with Gasteiger partial charge in [0.2, 0.25) is 0 Å². The fraction of sp³-hybridized carbons (Fsp3) is 0.143. The maximum absolute atomic E-state index is 8.79. The second kappa shape index (κ2) is 5.00. The first kappa shape index (κ1) is 12.2. The molecule has 0 aliphatic heterocycles. The lowest BCUT2D eigenvalue weighted by Crippen LogP contribution is -1.96. The first-order chi connectivity index (χ1) is 9.24. The van der Waals surface area contributed by atoms with E-state index in [1.165, 1.54) is 16.0 Å². The Labute approximate surface area is 119 Å². The maximum atomic E-state index is 8.79. The largest absolute Gasteiger partial charge is 0.380 e. The molecule has 0 spiro atoms. The van der Waals surface area contributed by atoms with Gasteiger partial charge in [-0.05, 0) is 37.3 Å². The molecule has 2 heterocycles. The molecule has 0 aliphatic rings. The third kappa shape index (κ3) is 2.60. The molecule has 19 heavy (non-hydrogen) atoms. The van der Waals surface area contributed by atoms with E-state index in [0.717, 1.165) is 32.5 Å². The monoisotopic (exact) mass is 285 g/mol. The quantitative estimate of drug-likeness (QED) is 0.786. The summed E-state index contributed by atoms with van der Waals surface area (Å²) in [6.07, 6.45) is 0. The Morgan fingerprint density at radius 2 is 2.16 bits per heavy atom. The Morgan fingerprint density at radius 1 is 1.26 bits per heavy atom. The first-order valence-corrected chi connectivity index (χ1v) is 7.48. The average Bonchev–Trinajstić information content (AvgIpc) is 3.00. The van der Waals surface area contributed by atoms with Gasteiger partial charge in [-0.2, -0.15) is 5.26 Å². The van der Waals surface area contributed by atoms with E-state index in [4.69, 9.17) is 5.26 Å². The van der Waals surface area contributed by atoms with Gasteiger partial charge >= 0.3 is 0 Å². The van der Waals surface area contributed by atoms with Gasteiger partial charge < -0.3 is 5.32 Å². The van der Waals surface area contributed by atoms with E-state index in [9.17, 15) is 0 Å². The minimum Gasteiger partial charge on any atom is -0.380 e. The van der Waals surface area contributed by atoms with Gasteiger partial charge in [-0.3, -0.25) is 0 Å². The molecule has 0 bridgehead atoms. The van der Waals surface area contributed by atoms with Crippen LogP contribution < -0.4 is 5.32 Å². The van der Waals surface area contributed by atoms with Crippen LogP contribution in [0.15, 0.2) is 30.3 Å². The molecule has 0 fully saturated rings. The van der Waals surface area contributed by atoms with Crippen molar-refractivity contribution in [1.82, 2.24) is 4.98 Å². The highest BCUT2D eigenvalue weighted by Crippen LogP contribution is 2.25. The van der Waals surface area contributed by atoms with E-state index in [0.29, 0.717) is 0 Å². The van der Waals surface area contributed by atoms with Crippen LogP contribution in [-0.2, 0) is 6.54 Å². The SMILES string of the molecule is Cc1nc2ccc(NCc3ccc(C#N)s3)cc2s1. The van der Waals surface area contributed by atoms with Crippen molar-refractivity contribution in [3.63, 3.8) is 0 Å². The summed E-state index contributed by atoms with van der Waals surface area (Å²) in [5.74, 6) is 0. The van der Waals surface area contributed by atoms with Gasteiger partial charge in [-0.25, -0.2) is 4.98 Å². The summed E-state index contributed by atoms with van der Waals surface area (Å²) in [7, 11) is 0. The number of hydrogen-bond acceptors (Lipinski definition) is 5. The molecule has 2 aromatic heterocycles. The number of nitriles is 1. The number of thiazole rings is 1. The van der Waals surface area contributed by atoms with Crippen molar-refractivity contribution in [2.45, 2.75) is 13.5 Å². The molecular weight excluding hydrogens is 274 g/mol. The third-order valence-electron chi connectivity index (χ3n) is 2.73. The van der Waals surface area contributed by atoms with Crippen LogP contribution in [0, 0.1) is 18.3 Å². The summed E-state index contributed by atoms with van der Waals surface area (Å²) in [5, 5.41) is 13.3.